The SMILES string of the molecule is CC(C)C[N+]1(COC(C)C)CCCC1.F[B-](F)(F)C(F)(F)C(F)(F)F. The Balaban J connectivity index is 0.000000477. The van der Waals surface area contributed by atoms with Gasteiger partial charge in [-0.1, -0.05) is 13.8 Å². The van der Waals surface area contributed by atoms with Crippen LogP contribution in [0.15, 0.2) is 0 Å². The lowest BCUT2D eigenvalue weighted by atomic mass is 9.80. The summed E-state index contributed by atoms with van der Waals surface area (Å²) in [6.45, 7) is 6.53. The van der Waals surface area contributed by atoms with E-state index in [1.54, 1.807) is 0 Å². The van der Waals surface area contributed by atoms with E-state index in [1.807, 2.05) is 0 Å². The summed E-state index contributed by atoms with van der Waals surface area (Å²) in [5.41, 5.74) is 0. The highest BCUT2D eigenvalue weighted by atomic mass is 19.4. The molecule has 25 heavy (non-hydrogen) atoms. The molecule has 0 bridgehead atoms. The third kappa shape index (κ3) is 7.68. The third-order valence-corrected chi connectivity index (χ3v) is 3.74. The molecule has 0 amide bonds. The van der Waals surface area contributed by atoms with Crippen LogP contribution in [-0.4, -0.2) is 55.9 Å². The Morgan fingerprint density at radius 2 is 1.36 bits per heavy atom. The first kappa shape index (κ1) is 24.4. The lowest BCUT2D eigenvalue weighted by molar-refractivity contribution is -0.938. The summed E-state index contributed by atoms with van der Waals surface area (Å²) in [5, 5.41) is 0. The Hall–Kier alpha value is -0.575. The van der Waals surface area contributed by atoms with Gasteiger partial charge in [0.1, 0.15) is 0 Å². The van der Waals surface area contributed by atoms with E-state index in [-0.39, 0.29) is 0 Å². The summed E-state index contributed by atoms with van der Waals surface area (Å²) in [6, 6.07) is 0. The fourth-order valence-corrected chi connectivity index (χ4v) is 2.64. The van der Waals surface area contributed by atoms with Crippen LogP contribution in [0.1, 0.15) is 40.5 Å². The molecule has 0 radical (unpaired) electrons. The molecular weight excluding hydrogens is 361 g/mol. The van der Waals surface area contributed by atoms with Crippen molar-refractivity contribution in [2.24, 2.45) is 5.92 Å². The van der Waals surface area contributed by atoms with Crippen LogP contribution in [0.4, 0.5) is 34.9 Å². The number of alkyl halides is 5. The van der Waals surface area contributed by atoms with E-state index in [4.69, 9.17) is 4.74 Å². The lowest BCUT2D eigenvalue weighted by Gasteiger charge is -2.35. The van der Waals surface area contributed by atoms with Crippen molar-refractivity contribution in [3.05, 3.63) is 0 Å². The van der Waals surface area contributed by atoms with E-state index in [1.165, 1.54) is 37.0 Å². The van der Waals surface area contributed by atoms with Crippen LogP contribution in [0.3, 0.4) is 0 Å². The molecule has 0 saturated carbocycles. The standard InChI is InChI=1S/C12H26NO.C2BF8/c1-11(2)9-13(7-5-6-8-13)10-14-12(3)4;4-1(5,2(6,7)8)3(9,10)11/h11-12H,5-10H2,1-4H3;/q+1;-1. The van der Waals surface area contributed by atoms with Crippen LogP contribution >= 0.6 is 0 Å². The molecule has 0 atom stereocenters. The first-order chi connectivity index (χ1) is 11.0. The van der Waals surface area contributed by atoms with Gasteiger partial charge in [0, 0.05) is 18.8 Å². The highest BCUT2D eigenvalue weighted by Crippen LogP contribution is 2.44. The van der Waals surface area contributed by atoms with E-state index in [9.17, 15) is 34.9 Å². The minimum atomic E-state index is -7.21. The Labute approximate surface area is 143 Å². The molecule has 0 spiro atoms. The molecule has 0 aromatic heterocycles. The summed E-state index contributed by atoms with van der Waals surface area (Å²) in [5.74, 6) is -5.78. The predicted octanol–water partition coefficient (Wildman–Crippen LogP) is 5.21. The summed E-state index contributed by atoms with van der Waals surface area (Å²) in [4.78, 5) is 0. The molecule has 2 nitrogen and oxygen atoms in total. The molecule has 1 aliphatic heterocycles. The quantitative estimate of drug-likeness (QED) is 0.346. The van der Waals surface area contributed by atoms with Gasteiger partial charge in [0.15, 0.2) is 6.73 Å². The van der Waals surface area contributed by atoms with Gasteiger partial charge in [0.2, 0.25) is 0 Å². The summed E-state index contributed by atoms with van der Waals surface area (Å²) in [6.07, 6.45) is -3.41. The van der Waals surface area contributed by atoms with Gasteiger partial charge in [0.25, 0.3) is 0 Å². The molecule has 11 heteroatoms. The number of likely N-dealkylation sites (tertiary alicyclic amines) is 1. The average Bonchev–Trinajstić information content (AvgIpc) is 2.82. The topological polar surface area (TPSA) is 9.23 Å². The van der Waals surface area contributed by atoms with Crippen molar-refractivity contribution < 1.29 is 44.1 Å². The highest BCUT2D eigenvalue weighted by molar-refractivity contribution is 6.61. The summed E-state index contributed by atoms with van der Waals surface area (Å²) >= 11 is 0. The van der Waals surface area contributed by atoms with Crippen LogP contribution in [0.5, 0.6) is 0 Å². The Morgan fingerprint density at radius 1 is 0.920 bits per heavy atom. The van der Waals surface area contributed by atoms with Crippen molar-refractivity contribution in [2.45, 2.75) is 58.6 Å². The van der Waals surface area contributed by atoms with E-state index in [0.29, 0.717) is 6.10 Å². The Morgan fingerprint density at radius 3 is 1.60 bits per heavy atom. The zero-order valence-corrected chi connectivity index (χ0v) is 14.9. The van der Waals surface area contributed by atoms with E-state index in [0.717, 1.165) is 12.6 Å². The summed E-state index contributed by atoms with van der Waals surface area (Å²) in [7, 11) is 0. The molecule has 1 aliphatic rings. The fourth-order valence-electron chi connectivity index (χ4n) is 2.64. The van der Waals surface area contributed by atoms with Gasteiger partial charge >= 0.3 is 19.0 Å². The van der Waals surface area contributed by atoms with Gasteiger partial charge in [-0.25, -0.2) is 8.78 Å². The van der Waals surface area contributed by atoms with Crippen molar-refractivity contribution in [3.63, 3.8) is 0 Å². The van der Waals surface area contributed by atoms with Gasteiger partial charge in [-0.05, 0) is 13.8 Å². The van der Waals surface area contributed by atoms with E-state index < -0.39 is 19.0 Å². The van der Waals surface area contributed by atoms with Crippen LogP contribution in [-0.2, 0) is 4.74 Å². The number of ether oxygens (including phenoxy) is 1. The fraction of sp³-hybridized carbons (Fsp3) is 1.00. The minimum absolute atomic E-state index is 0.373. The monoisotopic (exact) mass is 387 g/mol. The first-order valence-electron chi connectivity index (χ1n) is 8.15. The molecule has 1 saturated heterocycles. The molecule has 1 rings (SSSR count). The van der Waals surface area contributed by atoms with Crippen molar-refractivity contribution in [1.82, 2.24) is 0 Å². The molecular formula is C14H26BF8NO. The lowest BCUT2D eigenvalue weighted by Crippen LogP contribution is -2.53. The smallest absolute Gasteiger partial charge is 0.445 e. The van der Waals surface area contributed by atoms with Gasteiger partial charge in [0.05, 0.1) is 25.7 Å². The number of nitrogens with zero attached hydrogens (tertiary/aromatic N) is 1. The molecule has 0 unspecified atom stereocenters. The van der Waals surface area contributed by atoms with Crippen LogP contribution < -0.4 is 0 Å². The maximum absolute atomic E-state index is 11.2. The van der Waals surface area contributed by atoms with E-state index >= 15 is 0 Å². The molecule has 1 fully saturated rings. The van der Waals surface area contributed by atoms with Gasteiger partial charge in [-0.3, -0.25) is 0 Å². The molecule has 0 aliphatic carbocycles. The molecule has 0 N–H and O–H groups in total. The maximum Gasteiger partial charge on any atom is 0.558 e. The molecule has 0 aromatic rings. The number of halogens is 8. The highest BCUT2D eigenvalue weighted by Gasteiger charge is 2.69. The summed E-state index contributed by atoms with van der Waals surface area (Å²) < 4.78 is 94.8. The minimum Gasteiger partial charge on any atom is -0.445 e. The Kier molecular flexibility index (Phi) is 8.67. The number of quaternary nitrogens is 1. The molecule has 1 heterocycles. The predicted molar refractivity (Wildman–Crippen MR) is 80.1 cm³/mol. The second-order valence-corrected chi connectivity index (χ2v) is 7.11. The Bertz CT molecular complexity index is 373. The zero-order chi connectivity index (χ0) is 20.1. The molecule has 0 aromatic carbocycles. The van der Waals surface area contributed by atoms with Gasteiger partial charge in [-0.15, -0.1) is 0 Å². The van der Waals surface area contributed by atoms with Crippen LogP contribution in [0.25, 0.3) is 0 Å². The first-order valence-corrected chi connectivity index (χ1v) is 8.15. The number of hydrogen-bond donors (Lipinski definition) is 0. The second-order valence-electron chi connectivity index (χ2n) is 7.11. The zero-order valence-electron chi connectivity index (χ0n) is 14.9. The number of rotatable bonds is 6. The van der Waals surface area contributed by atoms with Gasteiger partial charge < -0.3 is 22.2 Å². The van der Waals surface area contributed by atoms with E-state index in [2.05, 4.69) is 27.7 Å². The normalized spacial score (nSPS) is 18.5. The maximum atomic E-state index is 11.2. The van der Waals surface area contributed by atoms with Crippen molar-refractivity contribution in [3.8, 4) is 0 Å². The molecule has 152 valence electrons. The average molecular weight is 387 g/mol. The van der Waals surface area contributed by atoms with Crippen molar-refractivity contribution in [1.29, 1.82) is 0 Å². The largest absolute Gasteiger partial charge is 0.558 e. The second kappa shape index (κ2) is 8.88. The van der Waals surface area contributed by atoms with Crippen LogP contribution in [0.2, 0.25) is 0 Å². The van der Waals surface area contributed by atoms with Crippen LogP contribution in [0, 0.1) is 5.92 Å². The number of hydrogen-bond acceptors (Lipinski definition) is 1. The van der Waals surface area contributed by atoms with Crippen molar-refractivity contribution >= 4 is 6.98 Å². The van der Waals surface area contributed by atoms with Crippen molar-refractivity contribution in [2.75, 3.05) is 26.4 Å². The third-order valence-electron chi connectivity index (χ3n) is 3.74. The van der Waals surface area contributed by atoms with Gasteiger partial charge in [-0.2, -0.15) is 13.2 Å².